The molecule has 0 aliphatic carbocycles. The number of aryl methyl sites for hydroxylation is 2. The van der Waals surface area contributed by atoms with Crippen molar-refractivity contribution in [1.29, 1.82) is 0 Å². The molecule has 0 bridgehead atoms. The van der Waals surface area contributed by atoms with Crippen molar-refractivity contribution >= 4 is 7.85 Å². The van der Waals surface area contributed by atoms with E-state index >= 15 is 0 Å². The molecule has 1 atom stereocenters. The molecule has 1 fully saturated rings. The monoisotopic (exact) mass is 247 g/mol. The van der Waals surface area contributed by atoms with Crippen LogP contribution in [0, 0.1) is 12.8 Å². The van der Waals surface area contributed by atoms with Crippen LogP contribution in [0.3, 0.4) is 0 Å². The van der Waals surface area contributed by atoms with Crippen LogP contribution in [0.4, 0.5) is 4.39 Å². The second-order valence-electron chi connectivity index (χ2n) is 5.61. The Balaban J connectivity index is 1.91. The average Bonchev–Trinajstić information content (AvgIpc) is 2.25. The number of benzene rings is 1. The molecule has 1 aliphatic rings. The maximum absolute atomic E-state index is 13.0. The number of alkyl halides is 1. The van der Waals surface area contributed by atoms with E-state index in [1.165, 1.54) is 23.0 Å². The molecule has 1 aromatic rings. The van der Waals surface area contributed by atoms with Crippen molar-refractivity contribution in [3.05, 3.63) is 34.9 Å². The van der Waals surface area contributed by atoms with Crippen molar-refractivity contribution in [2.45, 2.75) is 39.3 Å². The number of nitrogens with zero attached hydrogens (tertiary/aromatic N) is 1. The van der Waals surface area contributed by atoms with Gasteiger partial charge in [0.1, 0.15) is 7.85 Å². The normalized spacial score (nSPS) is 18.6. The molecule has 1 unspecified atom stereocenters. The smallest absolute Gasteiger partial charge is 0.150 e. The van der Waals surface area contributed by atoms with Gasteiger partial charge in [-0.05, 0) is 49.3 Å². The van der Waals surface area contributed by atoms with Gasteiger partial charge >= 0.3 is 0 Å². The number of hydrogen-bond acceptors (Lipinski definition) is 1. The largest absolute Gasteiger partial charge is 0.274 e. The fraction of sp³-hybridized carbons (Fsp3) is 0.600. The van der Waals surface area contributed by atoms with Crippen LogP contribution in [-0.4, -0.2) is 32.1 Å². The van der Waals surface area contributed by atoms with Gasteiger partial charge in [0.05, 0.1) is 0 Å². The van der Waals surface area contributed by atoms with E-state index < -0.39 is 6.30 Å². The first kappa shape index (κ1) is 13.6. The van der Waals surface area contributed by atoms with Crippen molar-refractivity contribution in [2.75, 3.05) is 13.1 Å². The second-order valence-corrected chi connectivity index (χ2v) is 5.61. The van der Waals surface area contributed by atoms with Crippen LogP contribution in [0.15, 0.2) is 18.2 Å². The van der Waals surface area contributed by atoms with Crippen LogP contribution < -0.4 is 0 Å². The molecule has 3 heteroatoms. The molecule has 0 amide bonds. The van der Waals surface area contributed by atoms with Gasteiger partial charge < -0.3 is 0 Å². The van der Waals surface area contributed by atoms with Crippen LogP contribution in [-0.2, 0) is 12.8 Å². The highest BCUT2D eigenvalue weighted by Gasteiger charge is 2.30. The zero-order valence-electron chi connectivity index (χ0n) is 11.7. The third kappa shape index (κ3) is 3.14. The Labute approximate surface area is 111 Å². The average molecular weight is 247 g/mol. The van der Waals surface area contributed by atoms with E-state index in [1.807, 2.05) is 4.90 Å². The Morgan fingerprint density at radius 2 is 2.17 bits per heavy atom. The molecular formula is C15H23BFN. The van der Waals surface area contributed by atoms with E-state index in [4.69, 9.17) is 0 Å². The summed E-state index contributed by atoms with van der Waals surface area (Å²) < 4.78 is 13.0. The van der Waals surface area contributed by atoms with E-state index in [1.54, 1.807) is 6.92 Å². The summed E-state index contributed by atoms with van der Waals surface area (Å²) >= 11 is 0. The first-order valence-electron chi connectivity index (χ1n) is 7.06. The number of hydrogen-bond donors (Lipinski definition) is 0. The Bertz CT molecular complexity index is 399. The highest BCUT2D eigenvalue weighted by Crippen LogP contribution is 2.24. The van der Waals surface area contributed by atoms with Gasteiger partial charge in [-0.1, -0.05) is 24.5 Å². The fourth-order valence-electron chi connectivity index (χ4n) is 2.77. The maximum Gasteiger partial charge on any atom is 0.150 e. The summed E-state index contributed by atoms with van der Waals surface area (Å²) in [4.78, 5) is 1.89. The molecule has 1 aliphatic heterocycles. The number of rotatable bonds is 5. The molecule has 1 heterocycles. The zero-order valence-corrected chi connectivity index (χ0v) is 11.7. The van der Waals surface area contributed by atoms with Crippen LogP contribution in [0.2, 0.25) is 6.32 Å². The predicted octanol–water partition coefficient (Wildman–Crippen LogP) is 2.38. The van der Waals surface area contributed by atoms with Crippen LogP contribution in [0.5, 0.6) is 0 Å². The first-order chi connectivity index (χ1) is 8.60. The number of likely N-dealkylation sites (tertiary alicyclic amines) is 1. The summed E-state index contributed by atoms with van der Waals surface area (Å²) in [5.41, 5.74) is 4.27. The molecule has 0 saturated carbocycles. The van der Waals surface area contributed by atoms with E-state index in [0.29, 0.717) is 5.92 Å². The van der Waals surface area contributed by atoms with Gasteiger partial charge in [0.15, 0.2) is 6.30 Å². The Morgan fingerprint density at radius 1 is 1.44 bits per heavy atom. The predicted molar refractivity (Wildman–Crippen MR) is 77.6 cm³/mol. The Morgan fingerprint density at radius 3 is 2.72 bits per heavy atom. The lowest BCUT2D eigenvalue weighted by atomic mass is 9.88. The van der Waals surface area contributed by atoms with Crippen LogP contribution in [0.25, 0.3) is 0 Å². The summed E-state index contributed by atoms with van der Waals surface area (Å²) in [6, 6.07) is 6.83. The molecule has 1 saturated heterocycles. The quantitative estimate of drug-likeness (QED) is 0.570. The maximum atomic E-state index is 13.0. The minimum atomic E-state index is -0.783. The van der Waals surface area contributed by atoms with Gasteiger partial charge in [-0.3, -0.25) is 4.90 Å². The molecule has 98 valence electrons. The van der Waals surface area contributed by atoms with Crippen LogP contribution in [0.1, 0.15) is 23.6 Å². The van der Waals surface area contributed by atoms with Crippen LogP contribution >= 0.6 is 0 Å². The standard InChI is InChI=1S/C15H23BFN/c1-11-7-13(5-6-16)3-4-15(11)8-14-9-18(10-14)12(2)17/h3-4,7,12,14H,5-6,8-10,16H2,1-2H3. The second kappa shape index (κ2) is 5.88. The lowest BCUT2D eigenvalue weighted by molar-refractivity contribution is -0.00256. The van der Waals surface area contributed by atoms with E-state index in [9.17, 15) is 4.39 Å². The minimum Gasteiger partial charge on any atom is -0.274 e. The van der Waals surface area contributed by atoms with Gasteiger partial charge in [-0.15, -0.1) is 0 Å². The van der Waals surface area contributed by atoms with Crippen molar-refractivity contribution in [1.82, 2.24) is 4.90 Å². The number of halogens is 1. The summed E-state index contributed by atoms with van der Waals surface area (Å²) in [5.74, 6) is 0.638. The summed E-state index contributed by atoms with van der Waals surface area (Å²) in [6.07, 6.45) is 2.68. The van der Waals surface area contributed by atoms with E-state index in [2.05, 4.69) is 33.0 Å². The molecule has 1 aromatic carbocycles. The Hall–Kier alpha value is -0.825. The molecule has 0 N–H and O–H groups in total. The van der Waals surface area contributed by atoms with Crippen molar-refractivity contribution < 1.29 is 4.39 Å². The highest BCUT2D eigenvalue weighted by atomic mass is 19.1. The highest BCUT2D eigenvalue weighted by molar-refractivity contribution is 6.08. The third-order valence-corrected chi connectivity index (χ3v) is 3.94. The van der Waals surface area contributed by atoms with Gasteiger partial charge in [0.25, 0.3) is 0 Å². The molecule has 1 nitrogen and oxygen atoms in total. The van der Waals surface area contributed by atoms with E-state index in [-0.39, 0.29) is 0 Å². The fourth-order valence-corrected chi connectivity index (χ4v) is 2.77. The molecule has 0 radical (unpaired) electrons. The minimum absolute atomic E-state index is 0.638. The molecular weight excluding hydrogens is 224 g/mol. The lowest BCUT2D eigenvalue weighted by Crippen LogP contribution is -2.50. The van der Waals surface area contributed by atoms with Crippen molar-refractivity contribution in [3.8, 4) is 0 Å². The van der Waals surface area contributed by atoms with Gasteiger partial charge in [-0.2, -0.15) is 0 Å². The summed E-state index contributed by atoms with van der Waals surface area (Å²) in [7, 11) is 2.21. The Kier molecular flexibility index (Phi) is 4.44. The van der Waals surface area contributed by atoms with Crippen molar-refractivity contribution in [3.63, 3.8) is 0 Å². The molecule has 0 spiro atoms. The summed E-state index contributed by atoms with van der Waals surface area (Å²) in [6.45, 7) is 5.64. The van der Waals surface area contributed by atoms with Gasteiger partial charge in [-0.25, -0.2) is 4.39 Å². The van der Waals surface area contributed by atoms with Gasteiger partial charge in [0.2, 0.25) is 0 Å². The molecule has 18 heavy (non-hydrogen) atoms. The van der Waals surface area contributed by atoms with E-state index in [0.717, 1.165) is 25.9 Å². The topological polar surface area (TPSA) is 3.24 Å². The summed E-state index contributed by atoms with van der Waals surface area (Å²) in [5, 5.41) is 0. The molecule has 2 rings (SSSR count). The third-order valence-electron chi connectivity index (χ3n) is 3.94. The zero-order chi connectivity index (χ0) is 13.1. The lowest BCUT2D eigenvalue weighted by Gasteiger charge is -2.40. The van der Waals surface area contributed by atoms with Crippen molar-refractivity contribution in [2.24, 2.45) is 5.92 Å². The molecule has 0 aromatic heterocycles. The first-order valence-corrected chi connectivity index (χ1v) is 7.06. The SMILES string of the molecule is BCCc1ccc(CC2CN(C(C)F)C2)c(C)c1. The van der Waals surface area contributed by atoms with Gasteiger partial charge in [0, 0.05) is 13.1 Å².